The molecule has 16 heavy (non-hydrogen) atoms. The van der Waals surface area contributed by atoms with Crippen molar-refractivity contribution in [3.63, 3.8) is 0 Å². The third kappa shape index (κ3) is 3.47. The molecular formula is C15H26O. The van der Waals surface area contributed by atoms with E-state index in [9.17, 15) is 4.79 Å². The van der Waals surface area contributed by atoms with Crippen molar-refractivity contribution in [1.29, 1.82) is 0 Å². The molecule has 0 aliphatic heterocycles. The van der Waals surface area contributed by atoms with Gasteiger partial charge in [-0.25, -0.2) is 0 Å². The molecule has 0 aromatic carbocycles. The molecule has 0 saturated carbocycles. The summed E-state index contributed by atoms with van der Waals surface area (Å²) >= 11 is 0. The highest BCUT2D eigenvalue weighted by Gasteiger charge is 2.25. The van der Waals surface area contributed by atoms with Crippen LogP contribution < -0.4 is 0 Å². The molecule has 92 valence electrons. The van der Waals surface area contributed by atoms with Crippen LogP contribution in [0.3, 0.4) is 0 Å². The van der Waals surface area contributed by atoms with Gasteiger partial charge in [-0.2, -0.15) is 0 Å². The lowest BCUT2D eigenvalue weighted by Gasteiger charge is -2.32. The summed E-state index contributed by atoms with van der Waals surface area (Å²) in [6, 6.07) is 0. The summed E-state index contributed by atoms with van der Waals surface area (Å²) in [5.74, 6) is 2.64. The summed E-state index contributed by atoms with van der Waals surface area (Å²) in [6.45, 7) is 9.10. The molecule has 0 bridgehead atoms. The SMILES string of the molecule is CCC(C=O)CC1=CC[C@H](C(C)C)[C@H](C)C1. The van der Waals surface area contributed by atoms with Crippen LogP contribution in [0.25, 0.3) is 0 Å². The van der Waals surface area contributed by atoms with E-state index in [1.165, 1.54) is 18.4 Å². The highest BCUT2D eigenvalue weighted by atomic mass is 16.1. The Kier molecular flexibility index (Phi) is 5.24. The van der Waals surface area contributed by atoms with Crippen molar-refractivity contribution in [2.75, 3.05) is 0 Å². The molecule has 1 heteroatoms. The van der Waals surface area contributed by atoms with Gasteiger partial charge in [0.1, 0.15) is 6.29 Å². The van der Waals surface area contributed by atoms with Crippen molar-refractivity contribution in [3.8, 4) is 0 Å². The van der Waals surface area contributed by atoms with Crippen LogP contribution in [0.5, 0.6) is 0 Å². The Morgan fingerprint density at radius 2 is 2.19 bits per heavy atom. The predicted octanol–water partition coefficient (Wildman–Crippen LogP) is 4.23. The minimum atomic E-state index is 0.244. The molecule has 1 aliphatic rings. The zero-order valence-corrected chi connectivity index (χ0v) is 11.2. The van der Waals surface area contributed by atoms with Crippen molar-refractivity contribution in [1.82, 2.24) is 0 Å². The number of rotatable bonds is 5. The number of hydrogen-bond donors (Lipinski definition) is 0. The third-order valence-corrected chi connectivity index (χ3v) is 4.09. The van der Waals surface area contributed by atoms with Gasteiger partial charge < -0.3 is 4.79 Å². The molecule has 1 rings (SSSR count). The first-order valence-electron chi connectivity index (χ1n) is 6.71. The number of carbonyl (C=O) groups is 1. The first-order chi connectivity index (χ1) is 7.58. The minimum Gasteiger partial charge on any atom is -0.303 e. The molecule has 0 saturated heterocycles. The Bertz CT molecular complexity index is 252. The van der Waals surface area contributed by atoms with Gasteiger partial charge in [0.2, 0.25) is 0 Å². The smallest absolute Gasteiger partial charge is 0.123 e. The van der Waals surface area contributed by atoms with Crippen LogP contribution in [0.4, 0.5) is 0 Å². The molecule has 0 fully saturated rings. The fraction of sp³-hybridized carbons (Fsp3) is 0.800. The molecule has 0 aromatic rings. The molecule has 0 radical (unpaired) electrons. The molecule has 1 unspecified atom stereocenters. The molecule has 0 aromatic heterocycles. The molecular weight excluding hydrogens is 196 g/mol. The maximum absolute atomic E-state index is 10.8. The van der Waals surface area contributed by atoms with E-state index in [4.69, 9.17) is 0 Å². The highest BCUT2D eigenvalue weighted by Crippen LogP contribution is 2.36. The summed E-state index contributed by atoms with van der Waals surface area (Å²) in [6.07, 6.45) is 7.91. The number of carbonyl (C=O) groups excluding carboxylic acids is 1. The molecule has 0 amide bonds. The lowest BCUT2D eigenvalue weighted by Crippen LogP contribution is -2.22. The molecule has 0 N–H and O–H groups in total. The Morgan fingerprint density at radius 3 is 2.62 bits per heavy atom. The fourth-order valence-corrected chi connectivity index (χ4v) is 2.90. The van der Waals surface area contributed by atoms with E-state index < -0.39 is 0 Å². The van der Waals surface area contributed by atoms with Gasteiger partial charge in [-0.3, -0.25) is 0 Å². The summed E-state index contributed by atoms with van der Waals surface area (Å²) < 4.78 is 0. The second-order valence-corrected chi connectivity index (χ2v) is 5.70. The standard InChI is InChI=1S/C15H26O/c1-5-13(10-16)9-14-6-7-15(11(2)3)12(4)8-14/h6,10-13,15H,5,7-9H2,1-4H3/t12-,13?,15-/m1/s1. The summed E-state index contributed by atoms with van der Waals surface area (Å²) in [5.41, 5.74) is 1.52. The number of hydrogen-bond acceptors (Lipinski definition) is 1. The van der Waals surface area contributed by atoms with Gasteiger partial charge in [0.05, 0.1) is 0 Å². The van der Waals surface area contributed by atoms with Gasteiger partial charge in [0.15, 0.2) is 0 Å². The van der Waals surface area contributed by atoms with Crippen molar-refractivity contribution in [2.24, 2.45) is 23.7 Å². The van der Waals surface area contributed by atoms with Crippen LogP contribution in [0.1, 0.15) is 53.4 Å². The van der Waals surface area contributed by atoms with E-state index in [1.807, 2.05) is 0 Å². The van der Waals surface area contributed by atoms with Gasteiger partial charge in [0.25, 0.3) is 0 Å². The Labute approximate surface area is 100 Å². The zero-order chi connectivity index (χ0) is 12.1. The lowest BCUT2D eigenvalue weighted by molar-refractivity contribution is -0.111. The van der Waals surface area contributed by atoms with E-state index in [1.54, 1.807) is 0 Å². The summed E-state index contributed by atoms with van der Waals surface area (Å²) in [5, 5.41) is 0. The van der Waals surface area contributed by atoms with Crippen LogP contribution >= 0.6 is 0 Å². The Balaban J connectivity index is 2.56. The van der Waals surface area contributed by atoms with Gasteiger partial charge in [0, 0.05) is 5.92 Å². The molecule has 1 aliphatic carbocycles. The number of allylic oxidation sites excluding steroid dienone is 2. The lowest BCUT2D eigenvalue weighted by atomic mass is 9.73. The second-order valence-electron chi connectivity index (χ2n) is 5.70. The quantitative estimate of drug-likeness (QED) is 0.502. The van der Waals surface area contributed by atoms with E-state index in [-0.39, 0.29) is 5.92 Å². The predicted molar refractivity (Wildman–Crippen MR) is 69.3 cm³/mol. The van der Waals surface area contributed by atoms with Gasteiger partial charge in [-0.05, 0) is 43.4 Å². The third-order valence-electron chi connectivity index (χ3n) is 4.09. The van der Waals surface area contributed by atoms with Crippen molar-refractivity contribution in [3.05, 3.63) is 11.6 Å². The van der Waals surface area contributed by atoms with Gasteiger partial charge in [-0.15, -0.1) is 0 Å². The van der Waals surface area contributed by atoms with Crippen LogP contribution in [0, 0.1) is 23.7 Å². The van der Waals surface area contributed by atoms with Gasteiger partial charge in [-0.1, -0.05) is 39.3 Å². The van der Waals surface area contributed by atoms with Gasteiger partial charge >= 0.3 is 0 Å². The highest BCUT2D eigenvalue weighted by molar-refractivity contribution is 5.54. The molecule has 0 heterocycles. The maximum atomic E-state index is 10.8. The van der Waals surface area contributed by atoms with E-state index in [2.05, 4.69) is 33.8 Å². The monoisotopic (exact) mass is 222 g/mol. The Hall–Kier alpha value is -0.590. The molecule has 3 atom stereocenters. The zero-order valence-electron chi connectivity index (χ0n) is 11.2. The van der Waals surface area contributed by atoms with E-state index in [0.717, 1.165) is 36.9 Å². The van der Waals surface area contributed by atoms with Crippen LogP contribution in [-0.2, 0) is 4.79 Å². The van der Waals surface area contributed by atoms with Crippen molar-refractivity contribution >= 4 is 6.29 Å². The summed E-state index contributed by atoms with van der Waals surface area (Å²) in [7, 11) is 0. The van der Waals surface area contributed by atoms with Crippen molar-refractivity contribution in [2.45, 2.75) is 53.4 Å². The van der Waals surface area contributed by atoms with Crippen molar-refractivity contribution < 1.29 is 4.79 Å². The second kappa shape index (κ2) is 6.22. The Morgan fingerprint density at radius 1 is 1.50 bits per heavy atom. The summed E-state index contributed by atoms with van der Waals surface area (Å²) in [4.78, 5) is 10.8. The van der Waals surface area contributed by atoms with Crippen LogP contribution in [0.15, 0.2) is 11.6 Å². The van der Waals surface area contributed by atoms with Crippen LogP contribution in [0.2, 0.25) is 0 Å². The van der Waals surface area contributed by atoms with E-state index >= 15 is 0 Å². The normalized spacial score (nSPS) is 27.7. The molecule has 1 nitrogen and oxygen atoms in total. The largest absolute Gasteiger partial charge is 0.303 e. The maximum Gasteiger partial charge on any atom is 0.123 e. The topological polar surface area (TPSA) is 17.1 Å². The van der Waals surface area contributed by atoms with Crippen LogP contribution in [-0.4, -0.2) is 6.29 Å². The first-order valence-corrected chi connectivity index (χ1v) is 6.71. The minimum absolute atomic E-state index is 0.244. The first kappa shape index (κ1) is 13.5. The average Bonchev–Trinajstić information content (AvgIpc) is 2.25. The number of aldehydes is 1. The van der Waals surface area contributed by atoms with E-state index in [0.29, 0.717) is 0 Å². The average molecular weight is 222 g/mol. The fourth-order valence-electron chi connectivity index (χ4n) is 2.90. The molecule has 0 spiro atoms.